The Morgan fingerprint density at radius 2 is 1.68 bits per heavy atom. The number of carboxylic acids is 1. The lowest BCUT2D eigenvalue weighted by molar-refractivity contribution is -0.878. The number of hydrogen-bond acceptors (Lipinski definition) is 12. The average Bonchev–Trinajstić information content (AvgIpc) is 3.52. The van der Waals surface area contributed by atoms with Crippen LogP contribution in [0.15, 0.2) is 82.3 Å². The van der Waals surface area contributed by atoms with Crippen molar-refractivity contribution >= 4 is 53.0 Å². The van der Waals surface area contributed by atoms with Crippen molar-refractivity contribution in [2.24, 2.45) is 11.3 Å². The van der Waals surface area contributed by atoms with Crippen molar-refractivity contribution in [2.75, 3.05) is 58.6 Å². The Hall–Kier alpha value is -3.09. The summed E-state index contributed by atoms with van der Waals surface area (Å²) in [4.78, 5) is 14.1. The Labute approximate surface area is 375 Å². The number of carboxylic acid groups (broad SMARTS) is 1. The van der Waals surface area contributed by atoms with Gasteiger partial charge in [-0.1, -0.05) is 54.8 Å². The second-order valence-corrected chi connectivity index (χ2v) is 22.7. The highest BCUT2D eigenvalue weighted by Gasteiger charge is 2.59. The Kier molecular flexibility index (Phi) is 18.3. The Bertz CT molecular complexity index is 2310. The van der Waals surface area contributed by atoms with E-state index in [0.29, 0.717) is 57.4 Å². The Morgan fingerprint density at radius 3 is 2.32 bits per heavy atom. The van der Waals surface area contributed by atoms with Crippen LogP contribution in [0, 0.1) is 11.3 Å². The molecule has 1 aromatic carbocycles. The minimum Gasteiger partial charge on any atom is -0.772 e. The van der Waals surface area contributed by atoms with Gasteiger partial charge in [0.25, 0.3) is 20.2 Å². The molecule has 0 aromatic heterocycles. The molecule has 4 rings (SSSR count). The number of ether oxygens (including phenoxy) is 2. The number of unbranched alkanes of at least 4 members (excludes halogenated alkanes) is 2. The van der Waals surface area contributed by atoms with Gasteiger partial charge in [-0.05, 0) is 82.7 Å². The molecular formula is C42H63N3O14S4. The zero-order valence-corrected chi connectivity index (χ0v) is 39.8. The van der Waals surface area contributed by atoms with Crippen molar-refractivity contribution in [3.05, 3.63) is 83.0 Å². The predicted molar refractivity (Wildman–Crippen MR) is 239 cm³/mol. The van der Waals surface area contributed by atoms with E-state index in [1.807, 2.05) is 57.2 Å². The summed E-state index contributed by atoms with van der Waals surface area (Å²) in [6, 6.07) is 4.09. The van der Waals surface area contributed by atoms with Gasteiger partial charge in [-0.3, -0.25) is 23.0 Å². The summed E-state index contributed by atoms with van der Waals surface area (Å²) < 4.78 is 131. The molecule has 17 nitrogen and oxygen atoms in total. The number of quaternary nitrogens is 1. The molecule has 1 saturated heterocycles. The summed E-state index contributed by atoms with van der Waals surface area (Å²) in [5, 5.41) is 9.21. The van der Waals surface area contributed by atoms with Gasteiger partial charge in [0, 0.05) is 68.1 Å². The molecule has 3 aliphatic rings. The highest BCUT2D eigenvalue weighted by Crippen LogP contribution is 2.54. The summed E-state index contributed by atoms with van der Waals surface area (Å²) >= 11 is -2.30. The van der Waals surface area contributed by atoms with Crippen LogP contribution in [-0.2, 0) is 61.0 Å². The molecule has 0 spiro atoms. The van der Waals surface area contributed by atoms with Crippen molar-refractivity contribution in [1.29, 1.82) is 0 Å². The zero-order valence-electron chi connectivity index (χ0n) is 36.5. The van der Waals surface area contributed by atoms with Crippen molar-refractivity contribution in [2.45, 2.75) is 94.0 Å². The number of carbonyl (C=O) groups is 1. The van der Waals surface area contributed by atoms with E-state index in [-0.39, 0.29) is 59.9 Å². The van der Waals surface area contributed by atoms with E-state index in [2.05, 4.69) is 9.62 Å². The number of hydrogen-bond donors (Lipinski definition) is 5. The minimum absolute atomic E-state index is 0.0314. The van der Waals surface area contributed by atoms with Crippen molar-refractivity contribution in [3.8, 4) is 0 Å². The van der Waals surface area contributed by atoms with E-state index in [4.69, 9.17) is 9.47 Å². The molecule has 7 unspecified atom stereocenters. The van der Waals surface area contributed by atoms with Crippen molar-refractivity contribution < 1.29 is 67.4 Å². The van der Waals surface area contributed by atoms with Crippen LogP contribution in [0.1, 0.15) is 77.7 Å². The van der Waals surface area contributed by atoms with Gasteiger partial charge in [-0.25, -0.2) is 13.1 Å². The first-order chi connectivity index (χ1) is 29.4. The largest absolute Gasteiger partial charge is 0.772 e. The second-order valence-electron chi connectivity index (χ2n) is 16.9. The smallest absolute Gasteiger partial charge is 0.303 e. The number of nitrogens with zero attached hydrogens (tertiary/aromatic N) is 1. The SMILES string of the molecule is COCCNS(=O)(=O)C1=CC2C(C=C1)N(CCCCCC(=O)O)C(=CC=CC=CC1(C)[NH+](CCOC)c3ccc(S(=O)(=O)O)cc3C1(C)CCCS(=O)(=O)O)C2(C)CCCS(=O)[O-]. The molecule has 0 radical (unpaired) electrons. The van der Waals surface area contributed by atoms with Gasteiger partial charge in [0.05, 0.1) is 40.2 Å². The molecule has 0 bridgehead atoms. The predicted octanol–water partition coefficient (Wildman–Crippen LogP) is 3.42. The first-order valence-corrected chi connectivity index (χ1v) is 26.7. The minimum atomic E-state index is -4.59. The monoisotopic (exact) mass is 961 g/mol. The first kappa shape index (κ1) is 52.5. The van der Waals surface area contributed by atoms with Crippen LogP contribution >= 0.6 is 0 Å². The van der Waals surface area contributed by atoms with Crippen LogP contribution in [0.25, 0.3) is 0 Å². The van der Waals surface area contributed by atoms with E-state index in [0.717, 1.165) is 16.3 Å². The number of likely N-dealkylation sites (tertiary alicyclic amines) is 1. The number of rotatable bonds is 26. The Morgan fingerprint density at radius 1 is 0.968 bits per heavy atom. The standard InChI is InChI=1S/C42H63N3O14S4/c1-40(20-12-28-60(48)49)34-30-32(62(53,54)43-23-26-58-4)16-18-36(34)44(24-11-7-9-15-39(46)47)38(40)14-8-6-10-22-42(3)41(2,21-13-29-61(50,51)52)35-31-33(63(55,56)57)17-19-37(35)45(42)25-27-59-5/h6,8,10,14,16-19,22,30-31,34,36,43H,7,9,11-13,15,20-21,23-29H2,1-5H3,(H,46,47)(H,48,49)(H,50,51,52)(H,55,56,57). The summed E-state index contributed by atoms with van der Waals surface area (Å²) in [7, 11) is -9.79. The number of aliphatic carboxylic acids is 1. The maximum atomic E-state index is 13.4. The third kappa shape index (κ3) is 12.8. The van der Waals surface area contributed by atoms with Crippen LogP contribution in [0.2, 0.25) is 0 Å². The van der Waals surface area contributed by atoms with E-state index in [9.17, 15) is 53.0 Å². The van der Waals surface area contributed by atoms with Crippen LogP contribution in [0.3, 0.4) is 0 Å². The normalized spacial score (nSPS) is 27.4. The molecule has 1 fully saturated rings. The number of fused-ring (bicyclic) bond motifs is 2. The molecule has 2 aliphatic heterocycles. The van der Waals surface area contributed by atoms with E-state index in [1.165, 1.54) is 19.2 Å². The molecular weight excluding hydrogens is 899 g/mol. The molecule has 354 valence electrons. The lowest BCUT2D eigenvalue weighted by Gasteiger charge is -2.41. The van der Waals surface area contributed by atoms with Gasteiger partial charge in [-0.15, -0.1) is 0 Å². The van der Waals surface area contributed by atoms with Crippen LogP contribution < -0.4 is 9.62 Å². The lowest BCUT2D eigenvalue weighted by atomic mass is 9.67. The molecule has 0 amide bonds. The maximum absolute atomic E-state index is 13.4. The molecule has 1 aromatic rings. The number of nitrogens with one attached hydrogen (secondary N) is 2. The average molecular weight is 962 g/mol. The van der Waals surface area contributed by atoms with Gasteiger partial charge in [0.15, 0.2) is 0 Å². The number of benzene rings is 1. The number of sulfonamides is 1. The van der Waals surface area contributed by atoms with Gasteiger partial charge in [-0.2, -0.15) is 16.8 Å². The molecule has 2 heterocycles. The van der Waals surface area contributed by atoms with E-state index >= 15 is 0 Å². The fraction of sp³-hybridized carbons (Fsp3) is 0.595. The van der Waals surface area contributed by atoms with Crippen LogP contribution in [-0.4, -0.2) is 129 Å². The van der Waals surface area contributed by atoms with E-state index < -0.39 is 69.4 Å². The van der Waals surface area contributed by atoms with Crippen molar-refractivity contribution in [1.82, 2.24) is 9.62 Å². The third-order valence-electron chi connectivity index (χ3n) is 12.9. The van der Waals surface area contributed by atoms with Crippen molar-refractivity contribution in [3.63, 3.8) is 0 Å². The highest BCUT2D eigenvalue weighted by molar-refractivity contribution is 7.93. The molecule has 0 saturated carbocycles. The lowest BCUT2D eigenvalue weighted by Crippen LogP contribution is -3.15. The molecule has 7 atom stereocenters. The molecule has 1 aliphatic carbocycles. The van der Waals surface area contributed by atoms with Gasteiger partial charge >= 0.3 is 5.97 Å². The van der Waals surface area contributed by atoms with Crippen LogP contribution in [0.4, 0.5) is 5.69 Å². The number of allylic oxidation sites excluding steroid dienone is 6. The molecule has 21 heteroatoms. The summed E-state index contributed by atoms with van der Waals surface area (Å²) in [5.41, 5.74) is -0.337. The second kappa shape index (κ2) is 21.9. The summed E-state index contributed by atoms with van der Waals surface area (Å²) in [6.07, 6.45) is 17.4. The van der Waals surface area contributed by atoms with Gasteiger partial charge < -0.3 is 24.0 Å². The summed E-state index contributed by atoms with van der Waals surface area (Å²) in [6.45, 7) is 7.41. The fourth-order valence-corrected chi connectivity index (χ4v) is 12.0. The maximum Gasteiger partial charge on any atom is 0.303 e. The fourth-order valence-electron chi connectivity index (χ4n) is 9.49. The van der Waals surface area contributed by atoms with Crippen LogP contribution in [0.5, 0.6) is 0 Å². The number of methoxy groups -OCH3 is 2. The highest BCUT2D eigenvalue weighted by atomic mass is 32.2. The van der Waals surface area contributed by atoms with Gasteiger partial charge in [0.1, 0.15) is 17.8 Å². The first-order valence-electron chi connectivity index (χ1n) is 20.9. The third-order valence-corrected chi connectivity index (χ3v) is 16.6. The topological polar surface area (TPSA) is 258 Å². The van der Waals surface area contributed by atoms with E-state index in [1.54, 1.807) is 25.3 Å². The quantitative estimate of drug-likeness (QED) is 0.0386. The summed E-state index contributed by atoms with van der Waals surface area (Å²) in [5.74, 6) is -1.86. The zero-order chi connectivity index (χ0) is 46.9. The Balaban J connectivity index is 1.81. The molecule has 5 N–H and O–H groups in total. The van der Waals surface area contributed by atoms with Gasteiger partial charge in [0.2, 0.25) is 10.0 Å². The molecule has 63 heavy (non-hydrogen) atoms.